The van der Waals surface area contributed by atoms with Crippen LogP contribution in [-0.2, 0) is 9.59 Å². The van der Waals surface area contributed by atoms with Crippen LogP contribution in [0, 0.1) is 5.82 Å². The summed E-state index contributed by atoms with van der Waals surface area (Å²) in [6, 6.07) is 2.94. The van der Waals surface area contributed by atoms with Crippen LogP contribution in [-0.4, -0.2) is 41.9 Å². The van der Waals surface area contributed by atoms with Gasteiger partial charge in [0.25, 0.3) is 5.91 Å². The molecule has 0 fully saturated rings. The van der Waals surface area contributed by atoms with Gasteiger partial charge in [-0.3, -0.25) is 9.59 Å². The minimum absolute atomic E-state index is 0.0323. The molecule has 1 rings (SSSR count). The summed E-state index contributed by atoms with van der Waals surface area (Å²) in [7, 11) is 0. The summed E-state index contributed by atoms with van der Waals surface area (Å²) in [5.41, 5.74) is -0.0323. The molecule has 0 aliphatic carbocycles. The average Bonchev–Trinajstić information content (AvgIpc) is 2.43. The van der Waals surface area contributed by atoms with Gasteiger partial charge < -0.3 is 15.7 Å². The highest BCUT2D eigenvalue weighted by Crippen LogP contribution is 2.05. The van der Waals surface area contributed by atoms with E-state index in [1.165, 1.54) is 12.1 Å². The van der Waals surface area contributed by atoms with Gasteiger partial charge in [0.2, 0.25) is 12.3 Å². The fourth-order valence-corrected chi connectivity index (χ4v) is 1.54. The van der Waals surface area contributed by atoms with Crippen molar-refractivity contribution < 1.29 is 32.7 Å². The van der Waals surface area contributed by atoms with Crippen LogP contribution >= 0.6 is 0 Å². The highest BCUT2D eigenvalue weighted by molar-refractivity contribution is 5.96. The van der Waals surface area contributed by atoms with E-state index in [2.05, 4.69) is 5.32 Å². The quantitative estimate of drug-likeness (QED) is 0.692. The second kappa shape index (κ2) is 8.01. The maximum atomic E-state index is 12.9. The Bertz CT molecular complexity index is 566. The highest BCUT2D eigenvalue weighted by atomic mass is 19.3. The summed E-state index contributed by atoms with van der Waals surface area (Å²) in [5, 5.41) is 12.7. The van der Waals surface area contributed by atoms with Crippen LogP contribution in [0.15, 0.2) is 24.3 Å². The molecule has 22 heavy (non-hydrogen) atoms. The molecule has 0 radical (unpaired) electrons. The number of rotatable bonds is 7. The standard InChI is InChI=1S/C13H13F3N2O4/c14-8-3-1-2-7(4-8)12(20)17-6-11(19)18-9(13(21)22)5-10(15)16/h1-4,9-10H,5-6H2,(H,17,20)(H,18,19)(H,21,22). The summed E-state index contributed by atoms with van der Waals surface area (Å²) in [6.07, 6.45) is -3.94. The normalized spacial score (nSPS) is 11.8. The van der Waals surface area contributed by atoms with Gasteiger partial charge in [-0.2, -0.15) is 0 Å². The zero-order valence-electron chi connectivity index (χ0n) is 11.2. The number of carbonyl (C=O) groups is 3. The summed E-state index contributed by atoms with van der Waals surface area (Å²) >= 11 is 0. The lowest BCUT2D eigenvalue weighted by Crippen LogP contribution is -2.46. The lowest BCUT2D eigenvalue weighted by molar-refractivity contribution is -0.142. The molecule has 6 nitrogen and oxygen atoms in total. The zero-order chi connectivity index (χ0) is 16.7. The van der Waals surface area contributed by atoms with Crippen molar-refractivity contribution in [2.45, 2.75) is 18.9 Å². The number of aliphatic carboxylic acids is 1. The Labute approximate surface area is 123 Å². The number of nitrogens with one attached hydrogen (secondary N) is 2. The van der Waals surface area contributed by atoms with Gasteiger partial charge in [-0.1, -0.05) is 6.07 Å². The number of halogens is 3. The van der Waals surface area contributed by atoms with Crippen molar-refractivity contribution >= 4 is 17.8 Å². The minimum atomic E-state index is -2.90. The molecule has 0 aliphatic rings. The Morgan fingerprint density at radius 2 is 1.91 bits per heavy atom. The van der Waals surface area contributed by atoms with Gasteiger partial charge in [0.15, 0.2) is 0 Å². The van der Waals surface area contributed by atoms with Crippen LogP contribution in [0.4, 0.5) is 13.2 Å². The van der Waals surface area contributed by atoms with Crippen LogP contribution in [0.2, 0.25) is 0 Å². The largest absolute Gasteiger partial charge is 0.480 e. The lowest BCUT2D eigenvalue weighted by Gasteiger charge is -2.14. The van der Waals surface area contributed by atoms with Crippen molar-refractivity contribution in [3.05, 3.63) is 35.6 Å². The van der Waals surface area contributed by atoms with Gasteiger partial charge >= 0.3 is 5.97 Å². The number of carbonyl (C=O) groups excluding carboxylic acids is 2. The van der Waals surface area contributed by atoms with E-state index in [9.17, 15) is 27.6 Å². The van der Waals surface area contributed by atoms with E-state index in [-0.39, 0.29) is 5.56 Å². The third kappa shape index (κ3) is 5.81. The Morgan fingerprint density at radius 3 is 2.45 bits per heavy atom. The second-order valence-electron chi connectivity index (χ2n) is 4.28. The molecule has 0 aromatic heterocycles. The second-order valence-corrected chi connectivity index (χ2v) is 4.28. The summed E-state index contributed by atoms with van der Waals surface area (Å²) in [4.78, 5) is 33.7. The first-order valence-electron chi connectivity index (χ1n) is 6.13. The predicted molar refractivity (Wildman–Crippen MR) is 68.9 cm³/mol. The van der Waals surface area contributed by atoms with E-state index in [0.717, 1.165) is 12.1 Å². The number of hydrogen-bond donors (Lipinski definition) is 3. The van der Waals surface area contributed by atoms with E-state index in [0.29, 0.717) is 0 Å². The number of benzene rings is 1. The first-order chi connectivity index (χ1) is 10.3. The predicted octanol–water partition coefficient (Wildman–Crippen LogP) is 0.780. The number of hydrogen-bond acceptors (Lipinski definition) is 3. The first kappa shape index (κ1) is 17.5. The Hall–Kier alpha value is -2.58. The van der Waals surface area contributed by atoms with Crippen molar-refractivity contribution in [3.8, 4) is 0 Å². The van der Waals surface area contributed by atoms with Crippen LogP contribution in [0.1, 0.15) is 16.8 Å². The number of alkyl halides is 2. The molecule has 1 atom stereocenters. The summed E-state index contributed by atoms with van der Waals surface area (Å²) in [5.74, 6) is -3.95. The van der Waals surface area contributed by atoms with Gasteiger partial charge in [0.1, 0.15) is 11.9 Å². The van der Waals surface area contributed by atoms with E-state index >= 15 is 0 Å². The van der Waals surface area contributed by atoms with E-state index in [1.54, 1.807) is 0 Å². The van der Waals surface area contributed by atoms with Crippen LogP contribution in [0.25, 0.3) is 0 Å². The Kier molecular flexibility index (Phi) is 6.36. The summed E-state index contributed by atoms with van der Waals surface area (Å²) < 4.78 is 37.2. The number of carboxylic acids is 1. The molecule has 0 spiro atoms. The third-order valence-electron chi connectivity index (χ3n) is 2.54. The first-order valence-corrected chi connectivity index (χ1v) is 6.13. The maximum Gasteiger partial charge on any atom is 0.326 e. The van der Waals surface area contributed by atoms with Gasteiger partial charge in [-0.05, 0) is 18.2 Å². The Balaban J connectivity index is 2.51. The molecule has 2 amide bonds. The molecule has 3 N–H and O–H groups in total. The molecule has 9 heteroatoms. The molecule has 0 bridgehead atoms. The molecule has 1 aromatic carbocycles. The molecule has 1 unspecified atom stereocenters. The van der Waals surface area contributed by atoms with E-state index in [1.807, 2.05) is 5.32 Å². The molecular formula is C13H13F3N2O4. The SMILES string of the molecule is O=C(CNC(=O)c1cccc(F)c1)NC(CC(F)F)C(=O)O. The molecule has 0 aliphatic heterocycles. The van der Waals surface area contributed by atoms with Crippen molar-refractivity contribution in [1.82, 2.24) is 10.6 Å². The van der Waals surface area contributed by atoms with Crippen molar-refractivity contribution in [2.75, 3.05) is 6.54 Å². The summed E-state index contributed by atoms with van der Waals surface area (Å²) in [6.45, 7) is -0.623. The number of carboxylic acid groups (broad SMARTS) is 1. The van der Waals surface area contributed by atoms with Crippen LogP contribution in [0.3, 0.4) is 0 Å². The topological polar surface area (TPSA) is 95.5 Å². The average molecular weight is 318 g/mol. The molecule has 0 heterocycles. The fourth-order valence-electron chi connectivity index (χ4n) is 1.54. The van der Waals surface area contributed by atoms with Crippen molar-refractivity contribution in [2.24, 2.45) is 0 Å². The molecule has 120 valence electrons. The van der Waals surface area contributed by atoms with Gasteiger partial charge in [-0.15, -0.1) is 0 Å². The molecular weight excluding hydrogens is 305 g/mol. The van der Waals surface area contributed by atoms with Gasteiger partial charge in [0.05, 0.1) is 6.54 Å². The number of amides is 2. The third-order valence-corrected chi connectivity index (χ3v) is 2.54. The fraction of sp³-hybridized carbons (Fsp3) is 0.308. The molecule has 1 aromatic rings. The lowest BCUT2D eigenvalue weighted by atomic mass is 10.2. The minimum Gasteiger partial charge on any atom is -0.480 e. The van der Waals surface area contributed by atoms with Gasteiger partial charge in [0, 0.05) is 12.0 Å². The van der Waals surface area contributed by atoms with E-state index in [4.69, 9.17) is 5.11 Å². The van der Waals surface area contributed by atoms with Crippen LogP contribution in [0.5, 0.6) is 0 Å². The smallest absolute Gasteiger partial charge is 0.326 e. The van der Waals surface area contributed by atoms with Gasteiger partial charge in [-0.25, -0.2) is 18.0 Å². The molecule has 0 saturated heterocycles. The highest BCUT2D eigenvalue weighted by Gasteiger charge is 2.24. The molecule has 0 saturated carbocycles. The van der Waals surface area contributed by atoms with Crippen molar-refractivity contribution in [3.63, 3.8) is 0 Å². The van der Waals surface area contributed by atoms with Crippen molar-refractivity contribution in [1.29, 1.82) is 0 Å². The Morgan fingerprint density at radius 1 is 1.23 bits per heavy atom. The van der Waals surface area contributed by atoms with Crippen LogP contribution < -0.4 is 10.6 Å². The monoisotopic (exact) mass is 318 g/mol. The zero-order valence-corrected chi connectivity index (χ0v) is 11.2. The maximum absolute atomic E-state index is 12.9. The van der Waals surface area contributed by atoms with E-state index < -0.39 is 49.0 Å².